The number of anilines is 1. The van der Waals surface area contributed by atoms with E-state index in [4.69, 9.17) is 5.26 Å². The number of hydrogen-bond acceptors (Lipinski definition) is 4. The van der Waals surface area contributed by atoms with Crippen LogP contribution in [0.5, 0.6) is 0 Å². The van der Waals surface area contributed by atoms with Gasteiger partial charge >= 0.3 is 0 Å². The largest absolute Gasteiger partial charge is 0.372 e. The van der Waals surface area contributed by atoms with Crippen LogP contribution in [0.25, 0.3) is 0 Å². The molecule has 0 amide bonds. The maximum atomic E-state index is 10.7. The minimum absolute atomic E-state index is 0.124. The highest BCUT2D eigenvalue weighted by Crippen LogP contribution is 2.30. The minimum atomic E-state index is -0.522. The second-order valence-electron chi connectivity index (χ2n) is 4.27. The third-order valence-corrected chi connectivity index (χ3v) is 3.33. The number of nitrogens with zero attached hydrogens (tertiary/aromatic N) is 3. The standard InChI is InChI=1S/C12H13N3O2/c1-14(10-3-2-4-10)11-5-6-12(15(16)17)9(7-11)8-13/h5-7,10H,2-4H2,1H3. The van der Waals surface area contributed by atoms with Gasteiger partial charge in [0.1, 0.15) is 11.6 Å². The van der Waals surface area contributed by atoms with E-state index in [-0.39, 0.29) is 11.3 Å². The predicted molar refractivity (Wildman–Crippen MR) is 63.9 cm³/mol. The highest BCUT2D eigenvalue weighted by molar-refractivity contribution is 5.60. The van der Waals surface area contributed by atoms with Crippen molar-refractivity contribution in [2.24, 2.45) is 0 Å². The van der Waals surface area contributed by atoms with E-state index in [1.54, 1.807) is 12.1 Å². The van der Waals surface area contributed by atoms with Gasteiger partial charge in [0.25, 0.3) is 5.69 Å². The first kappa shape index (κ1) is 11.4. The zero-order valence-corrected chi connectivity index (χ0v) is 9.59. The van der Waals surface area contributed by atoms with Crippen molar-refractivity contribution in [1.29, 1.82) is 5.26 Å². The van der Waals surface area contributed by atoms with E-state index < -0.39 is 4.92 Å². The fourth-order valence-electron chi connectivity index (χ4n) is 1.98. The molecule has 0 aliphatic heterocycles. The van der Waals surface area contributed by atoms with Gasteiger partial charge in [0.05, 0.1) is 4.92 Å². The summed E-state index contributed by atoms with van der Waals surface area (Å²) in [6, 6.07) is 7.09. The topological polar surface area (TPSA) is 70.2 Å². The molecular formula is C12H13N3O2. The number of rotatable bonds is 3. The summed E-state index contributed by atoms with van der Waals surface area (Å²) >= 11 is 0. The fourth-order valence-corrected chi connectivity index (χ4v) is 1.98. The molecule has 0 aromatic heterocycles. The zero-order valence-electron chi connectivity index (χ0n) is 9.59. The lowest BCUT2D eigenvalue weighted by Crippen LogP contribution is -2.37. The van der Waals surface area contributed by atoms with E-state index in [2.05, 4.69) is 4.90 Å². The van der Waals surface area contributed by atoms with Gasteiger partial charge in [-0.3, -0.25) is 10.1 Å². The van der Waals surface area contributed by atoms with E-state index in [0.29, 0.717) is 6.04 Å². The molecule has 0 radical (unpaired) electrons. The van der Waals surface area contributed by atoms with Crippen LogP contribution < -0.4 is 4.90 Å². The molecule has 1 aromatic carbocycles. The number of benzene rings is 1. The molecular weight excluding hydrogens is 218 g/mol. The van der Waals surface area contributed by atoms with E-state index in [0.717, 1.165) is 18.5 Å². The second kappa shape index (κ2) is 4.42. The molecule has 88 valence electrons. The summed E-state index contributed by atoms with van der Waals surface area (Å²) in [6.45, 7) is 0. The molecule has 2 rings (SSSR count). The summed E-state index contributed by atoms with van der Waals surface area (Å²) in [5.74, 6) is 0. The Bertz CT molecular complexity index is 489. The number of nitro groups is 1. The Morgan fingerprint density at radius 3 is 2.71 bits per heavy atom. The summed E-state index contributed by atoms with van der Waals surface area (Å²) in [7, 11) is 1.96. The summed E-state index contributed by atoms with van der Waals surface area (Å²) < 4.78 is 0. The third-order valence-electron chi connectivity index (χ3n) is 3.33. The van der Waals surface area contributed by atoms with E-state index >= 15 is 0 Å². The molecule has 1 aromatic rings. The maximum Gasteiger partial charge on any atom is 0.287 e. The predicted octanol–water partition coefficient (Wildman–Crippen LogP) is 2.46. The lowest BCUT2D eigenvalue weighted by Gasteiger charge is -2.36. The van der Waals surface area contributed by atoms with Gasteiger partial charge in [0.2, 0.25) is 0 Å². The SMILES string of the molecule is CN(c1ccc([N+](=O)[O-])c(C#N)c1)C1CCC1. The normalized spacial score (nSPS) is 14.8. The minimum Gasteiger partial charge on any atom is -0.372 e. The van der Waals surface area contributed by atoms with E-state index in [1.165, 1.54) is 12.5 Å². The van der Waals surface area contributed by atoms with Crippen LogP contribution in [0.2, 0.25) is 0 Å². The van der Waals surface area contributed by atoms with Gasteiger partial charge in [-0.2, -0.15) is 5.26 Å². The van der Waals surface area contributed by atoms with Gasteiger partial charge in [-0.05, 0) is 31.4 Å². The van der Waals surface area contributed by atoms with Crippen LogP contribution in [0, 0.1) is 21.4 Å². The molecule has 0 spiro atoms. The first-order valence-corrected chi connectivity index (χ1v) is 5.55. The van der Waals surface area contributed by atoms with Crippen LogP contribution in [-0.4, -0.2) is 18.0 Å². The second-order valence-corrected chi connectivity index (χ2v) is 4.27. The molecule has 0 bridgehead atoms. The van der Waals surface area contributed by atoms with Gasteiger partial charge in [-0.25, -0.2) is 0 Å². The van der Waals surface area contributed by atoms with Crippen molar-refractivity contribution in [3.8, 4) is 6.07 Å². The molecule has 0 N–H and O–H groups in total. The summed E-state index contributed by atoms with van der Waals surface area (Å²) in [4.78, 5) is 12.3. The Labute approximate surface area is 99.4 Å². The first-order valence-electron chi connectivity index (χ1n) is 5.55. The quantitative estimate of drug-likeness (QED) is 0.591. The molecule has 1 saturated carbocycles. The Kier molecular flexibility index (Phi) is 2.96. The maximum absolute atomic E-state index is 10.7. The summed E-state index contributed by atoms with van der Waals surface area (Å²) in [5, 5.41) is 19.6. The van der Waals surface area contributed by atoms with Crippen LogP contribution in [0.15, 0.2) is 18.2 Å². The molecule has 0 heterocycles. The van der Waals surface area contributed by atoms with Crippen molar-refractivity contribution in [2.45, 2.75) is 25.3 Å². The Hall–Kier alpha value is -2.09. The molecule has 17 heavy (non-hydrogen) atoms. The van der Waals surface area contributed by atoms with Crippen LogP contribution in [0.1, 0.15) is 24.8 Å². The Morgan fingerprint density at radius 2 is 2.24 bits per heavy atom. The van der Waals surface area contributed by atoms with Crippen LogP contribution >= 0.6 is 0 Å². The molecule has 5 nitrogen and oxygen atoms in total. The zero-order chi connectivity index (χ0) is 12.4. The Morgan fingerprint density at radius 1 is 1.53 bits per heavy atom. The lowest BCUT2D eigenvalue weighted by molar-refractivity contribution is -0.385. The number of nitriles is 1. The molecule has 0 unspecified atom stereocenters. The van der Waals surface area contributed by atoms with Crippen molar-refractivity contribution in [2.75, 3.05) is 11.9 Å². The van der Waals surface area contributed by atoms with Gasteiger partial charge in [0.15, 0.2) is 0 Å². The average Bonchev–Trinajstić information content (AvgIpc) is 2.25. The molecule has 1 fully saturated rings. The van der Waals surface area contributed by atoms with Crippen LogP contribution in [0.3, 0.4) is 0 Å². The summed E-state index contributed by atoms with van der Waals surface area (Å²) in [6.07, 6.45) is 3.53. The van der Waals surface area contributed by atoms with Crippen molar-refractivity contribution in [3.63, 3.8) is 0 Å². The number of nitro benzene ring substituents is 1. The average molecular weight is 231 g/mol. The first-order chi connectivity index (χ1) is 8.13. The van der Waals surface area contributed by atoms with Crippen LogP contribution in [-0.2, 0) is 0 Å². The van der Waals surface area contributed by atoms with Crippen molar-refractivity contribution in [3.05, 3.63) is 33.9 Å². The van der Waals surface area contributed by atoms with Gasteiger partial charge in [0, 0.05) is 24.8 Å². The lowest BCUT2D eigenvalue weighted by atomic mass is 9.91. The monoisotopic (exact) mass is 231 g/mol. The highest BCUT2D eigenvalue weighted by Gasteiger charge is 2.23. The van der Waals surface area contributed by atoms with Crippen molar-refractivity contribution in [1.82, 2.24) is 0 Å². The molecule has 1 aliphatic carbocycles. The van der Waals surface area contributed by atoms with Gasteiger partial charge in [-0.15, -0.1) is 0 Å². The van der Waals surface area contributed by atoms with Gasteiger partial charge < -0.3 is 4.90 Å². The molecule has 1 aliphatic rings. The molecule has 5 heteroatoms. The van der Waals surface area contributed by atoms with Crippen molar-refractivity contribution < 1.29 is 4.92 Å². The van der Waals surface area contributed by atoms with E-state index in [1.807, 2.05) is 13.1 Å². The molecule has 0 saturated heterocycles. The van der Waals surface area contributed by atoms with Gasteiger partial charge in [-0.1, -0.05) is 0 Å². The van der Waals surface area contributed by atoms with Crippen molar-refractivity contribution >= 4 is 11.4 Å². The molecule has 0 atom stereocenters. The fraction of sp³-hybridized carbons (Fsp3) is 0.417. The van der Waals surface area contributed by atoms with E-state index in [9.17, 15) is 10.1 Å². The summed E-state index contributed by atoms with van der Waals surface area (Å²) in [5.41, 5.74) is 0.869. The Balaban J connectivity index is 2.31. The van der Waals surface area contributed by atoms with Crippen LogP contribution in [0.4, 0.5) is 11.4 Å². The number of hydrogen-bond donors (Lipinski definition) is 0. The third kappa shape index (κ3) is 2.07. The highest BCUT2D eigenvalue weighted by atomic mass is 16.6. The smallest absolute Gasteiger partial charge is 0.287 e.